The van der Waals surface area contributed by atoms with Gasteiger partial charge in [0.25, 0.3) is 0 Å². The van der Waals surface area contributed by atoms with Gasteiger partial charge in [-0.15, -0.1) is 0 Å². The molecular formula is C17H19NO2. The Hall–Kier alpha value is -2.29. The van der Waals surface area contributed by atoms with E-state index in [0.29, 0.717) is 6.42 Å². The highest BCUT2D eigenvalue weighted by atomic mass is 16.3. The Morgan fingerprint density at radius 3 is 2.45 bits per heavy atom. The first kappa shape index (κ1) is 14.1. The first-order chi connectivity index (χ1) is 9.56. The van der Waals surface area contributed by atoms with Crippen LogP contribution in [0, 0.1) is 6.92 Å². The number of amides is 1. The molecule has 3 heteroatoms. The molecule has 2 aromatic rings. The highest BCUT2D eigenvalue weighted by Gasteiger charge is 2.11. The van der Waals surface area contributed by atoms with Gasteiger partial charge in [-0.1, -0.05) is 36.4 Å². The fourth-order valence-electron chi connectivity index (χ4n) is 2.24. The van der Waals surface area contributed by atoms with Gasteiger partial charge in [-0.25, -0.2) is 0 Å². The van der Waals surface area contributed by atoms with E-state index in [-0.39, 0.29) is 17.7 Å². The minimum atomic E-state index is -0.0218. The second-order valence-corrected chi connectivity index (χ2v) is 4.99. The fraction of sp³-hybridized carbons (Fsp3) is 0.235. The van der Waals surface area contributed by atoms with E-state index in [0.717, 1.165) is 11.1 Å². The summed E-state index contributed by atoms with van der Waals surface area (Å²) in [6, 6.07) is 14.7. The van der Waals surface area contributed by atoms with Crippen molar-refractivity contribution >= 4 is 5.91 Å². The van der Waals surface area contributed by atoms with Crippen molar-refractivity contribution in [3.05, 3.63) is 65.2 Å². The zero-order valence-corrected chi connectivity index (χ0v) is 11.8. The molecule has 1 amide bonds. The van der Waals surface area contributed by atoms with Crippen LogP contribution >= 0.6 is 0 Å². The summed E-state index contributed by atoms with van der Waals surface area (Å²) in [7, 11) is 0. The number of rotatable bonds is 4. The summed E-state index contributed by atoms with van der Waals surface area (Å²) in [4.78, 5) is 12.0. The molecule has 0 bridgehead atoms. The van der Waals surface area contributed by atoms with Crippen LogP contribution in [-0.2, 0) is 11.2 Å². The van der Waals surface area contributed by atoms with Crippen LogP contribution in [0.3, 0.4) is 0 Å². The molecule has 0 heterocycles. The Labute approximate surface area is 119 Å². The van der Waals surface area contributed by atoms with Crippen LogP contribution in [-0.4, -0.2) is 11.0 Å². The van der Waals surface area contributed by atoms with Crippen molar-refractivity contribution < 1.29 is 9.90 Å². The average molecular weight is 269 g/mol. The van der Waals surface area contributed by atoms with Crippen LogP contribution in [0.15, 0.2) is 48.5 Å². The van der Waals surface area contributed by atoms with Gasteiger partial charge in [-0.2, -0.15) is 0 Å². The van der Waals surface area contributed by atoms with Crippen LogP contribution in [0.25, 0.3) is 0 Å². The Morgan fingerprint density at radius 1 is 1.15 bits per heavy atom. The summed E-state index contributed by atoms with van der Waals surface area (Å²) in [6.07, 6.45) is 0.316. The number of benzene rings is 2. The lowest BCUT2D eigenvalue weighted by atomic mass is 10.0. The van der Waals surface area contributed by atoms with Gasteiger partial charge in [-0.3, -0.25) is 4.79 Å². The van der Waals surface area contributed by atoms with Crippen molar-refractivity contribution in [3.8, 4) is 5.75 Å². The van der Waals surface area contributed by atoms with Crippen LogP contribution in [0.4, 0.5) is 0 Å². The number of phenols is 1. The van der Waals surface area contributed by atoms with Gasteiger partial charge >= 0.3 is 0 Å². The zero-order chi connectivity index (χ0) is 14.5. The second-order valence-electron chi connectivity index (χ2n) is 4.99. The number of carbonyl (C=O) groups excluding carboxylic acids is 1. The quantitative estimate of drug-likeness (QED) is 0.896. The van der Waals surface area contributed by atoms with E-state index in [1.807, 2.05) is 38.1 Å². The van der Waals surface area contributed by atoms with E-state index >= 15 is 0 Å². The van der Waals surface area contributed by atoms with Gasteiger partial charge in [-0.05, 0) is 42.7 Å². The third-order valence-electron chi connectivity index (χ3n) is 3.33. The summed E-state index contributed by atoms with van der Waals surface area (Å²) < 4.78 is 0. The van der Waals surface area contributed by atoms with Crippen LogP contribution < -0.4 is 5.32 Å². The Morgan fingerprint density at radius 2 is 1.80 bits per heavy atom. The molecule has 0 saturated heterocycles. The first-order valence-electron chi connectivity index (χ1n) is 6.69. The molecule has 0 aliphatic carbocycles. The SMILES string of the molecule is Cc1ccccc1C(C)NC(=O)Cc1ccc(O)cc1. The van der Waals surface area contributed by atoms with Crippen molar-refractivity contribution in [3.63, 3.8) is 0 Å². The standard InChI is InChI=1S/C17H19NO2/c1-12-5-3-4-6-16(12)13(2)18-17(20)11-14-7-9-15(19)10-8-14/h3-10,13,19H,11H2,1-2H3,(H,18,20). The van der Waals surface area contributed by atoms with E-state index < -0.39 is 0 Å². The van der Waals surface area contributed by atoms with Crippen molar-refractivity contribution in [2.75, 3.05) is 0 Å². The topological polar surface area (TPSA) is 49.3 Å². The lowest BCUT2D eigenvalue weighted by molar-refractivity contribution is -0.121. The first-order valence-corrected chi connectivity index (χ1v) is 6.69. The van der Waals surface area contributed by atoms with Gasteiger partial charge < -0.3 is 10.4 Å². The van der Waals surface area contributed by atoms with Gasteiger partial charge in [0.1, 0.15) is 5.75 Å². The number of hydrogen-bond acceptors (Lipinski definition) is 2. The molecule has 0 aliphatic rings. The summed E-state index contributed by atoms with van der Waals surface area (Å²) in [5, 5.41) is 12.2. The average Bonchev–Trinajstić information content (AvgIpc) is 2.41. The Bertz CT molecular complexity index is 590. The molecule has 0 spiro atoms. The summed E-state index contributed by atoms with van der Waals surface area (Å²) >= 11 is 0. The summed E-state index contributed by atoms with van der Waals surface area (Å²) in [5.74, 6) is 0.189. The molecule has 3 nitrogen and oxygen atoms in total. The molecule has 0 radical (unpaired) electrons. The summed E-state index contributed by atoms with van der Waals surface area (Å²) in [6.45, 7) is 4.02. The summed E-state index contributed by atoms with van der Waals surface area (Å²) in [5.41, 5.74) is 3.19. The van der Waals surface area contributed by atoms with E-state index in [2.05, 4.69) is 5.32 Å². The smallest absolute Gasteiger partial charge is 0.224 e. The highest BCUT2D eigenvalue weighted by Crippen LogP contribution is 2.17. The number of aryl methyl sites for hydroxylation is 1. The minimum absolute atomic E-state index is 0.0131. The van der Waals surface area contributed by atoms with Crippen LogP contribution in [0.1, 0.15) is 29.7 Å². The normalized spacial score (nSPS) is 11.9. The Kier molecular flexibility index (Phi) is 4.41. The molecule has 20 heavy (non-hydrogen) atoms. The largest absolute Gasteiger partial charge is 0.508 e. The maximum Gasteiger partial charge on any atom is 0.224 e. The number of nitrogens with one attached hydrogen (secondary N) is 1. The van der Waals surface area contributed by atoms with Crippen molar-refractivity contribution in [1.29, 1.82) is 0 Å². The molecule has 1 atom stereocenters. The Balaban J connectivity index is 1.98. The third kappa shape index (κ3) is 3.60. The molecular weight excluding hydrogens is 250 g/mol. The van der Waals surface area contributed by atoms with Crippen LogP contribution in [0.2, 0.25) is 0 Å². The van der Waals surface area contributed by atoms with E-state index in [1.165, 1.54) is 5.56 Å². The van der Waals surface area contributed by atoms with E-state index in [9.17, 15) is 9.90 Å². The number of carbonyl (C=O) groups is 1. The minimum Gasteiger partial charge on any atom is -0.508 e. The molecule has 2 N–H and O–H groups in total. The lowest BCUT2D eigenvalue weighted by Crippen LogP contribution is -2.28. The fourth-order valence-corrected chi connectivity index (χ4v) is 2.24. The molecule has 0 fully saturated rings. The predicted molar refractivity (Wildman–Crippen MR) is 79.5 cm³/mol. The lowest BCUT2D eigenvalue weighted by Gasteiger charge is -2.16. The van der Waals surface area contributed by atoms with Gasteiger partial charge in [0.15, 0.2) is 0 Å². The molecule has 0 saturated carbocycles. The third-order valence-corrected chi connectivity index (χ3v) is 3.33. The van der Waals surface area contributed by atoms with Gasteiger partial charge in [0, 0.05) is 0 Å². The van der Waals surface area contributed by atoms with Gasteiger partial charge in [0.05, 0.1) is 12.5 Å². The maximum absolute atomic E-state index is 12.0. The molecule has 0 aromatic heterocycles. The number of aromatic hydroxyl groups is 1. The number of phenolic OH excluding ortho intramolecular Hbond substituents is 1. The molecule has 1 unspecified atom stereocenters. The molecule has 104 valence electrons. The highest BCUT2D eigenvalue weighted by molar-refractivity contribution is 5.79. The van der Waals surface area contributed by atoms with E-state index in [4.69, 9.17) is 0 Å². The monoisotopic (exact) mass is 269 g/mol. The van der Waals surface area contributed by atoms with Crippen molar-refractivity contribution in [2.45, 2.75) is 26.3 Å². The molecule has 0 aliphatic heterocycles. The van der Waals surface area contributed by atoms with Crippen molar-refractivity contribution in [2.24, 2.45) is 0 Å². The predicted octanol–water partition coefficient (Wildman–Crippen LogP) is 3.12. The van der Waals surface area contributed by atoms with E-state index in [1.54, 1.807) is 24.3 Å². The van der Waals surface area contributed by atoms with Gasteiger partial charge in [0.2, 0.25) is 5.91 Å². The second kappa shape index (κ2) is 6.24. The van der Waals surface area contributed by atoms with Crippen LogP contribution in [0.5, 0.6) is 5.75 Å². The number of hydrogen-bond donors (Lipinski definition) is 2. The maximum atomic E-state index is 12.0. The van der Waals surface area contributed by atoms with Crippen molar-refractivity contribution in [1.82, 2.24) is 5.32 Å². The molecule has 2 aromatic carbocycles. The zero-order valence-electron chi connectivity index (χ0n) is 11.8. The molecule has 2 rings (SSSR count).